The van der Waals surface area contributed by atoms with Gasteiger partial charge in [-0.05, 0) is 23.8 Å². The van der Waals surface area contributed by atoms with E-state index < -0.39 is 6.10 Å². The van der Waals surface area contributed by atoms with Gasteiger partial charge in [-0.2, -0.15) is 0 Å². The molecule has 0 aliphatic carbocycles. The quantitative estimate of drug-likeness (QED) is 0.713. The van der Waals surface area contributed by atoms with Crippen LogP contribution in [0.5, 0.6) is 0 Å². The molecule has 2 nitrogen and oxygen atoms in total. The summed E-state index contributed by atoms with van der Waals surface area (Å²) in [5.41, 5.74) is 2.37. The lowest BCUT2D eigenvalue weighted by Crippen LogP contribution is -1.98. The summed E-state index contributed by atoms with van der Waals surface area (Å²) in [5, 5.41) is 14.0. The highest BCUT2D eigenvalue weighted by Crippen LogP contribution is 2.33. The largest absolute Gasteiger partial charge is 0.381 e. The first-order valence-electron chi connectivity index (χ1n) is 6.29. The molecular weight excluding hydrogens is 325 g/mol. The SMILES string of the molecule is OC(c1ccccc1)c1nc(-c2ccc(Cl)cc2Cl)cs1. The molecule has 0 amide bonds. The van der Waals surface area contributed by atoms with Gasteiger partial charge >= 0.3 is 0 Å². The van der Waals surface area contributed by atoms with E-state index in [1.165, 1.54) is 11.3 Å². The molecule has 3 rings (SSSR count). The Hall–Kier alpha value is -1.39. The molecule has 1 N–H and O–H groups in total. The average Bonchev–Trinajstić information content (AvgIpc) is 2.97. The second-order valence-corrected chi connectivity index (χ2v) is 6.24. The van der Waals surface area contributed by atoms with Crippen molar-refractivity contribution in [2.45, 2.75) is 6.10 Å². The zero-order chi connectivity index (χ0) is 14.8. The number of hydrogen-bond donors (Lipinski definition) is 1. The summed E-state index contributed by atoms with van der Waals surface area (Å²) in [6, 6.07) is 14.7. The van der Waals surface area contributed by atoms with Crippen LogP contribution in [0.1, 0.15) is 16.7 Å². The van der Waals surface area contributed by atoms with Crippen LogP contribution in [-0.4, -0.2) is 10.1 Å². The molecule has 0 fully saturated rings. The van der Waals surface area contributed by atoms with Gasteiger partial charge in [0.25, 0.3) is 0 Å². The van der Waals surface area contributed by atoms with Crippen molar-refractivity contribution in [1.29, 1.82) is 0 Å². The molecule has 106 valence electrons. The van der Waals surface area contributed by atoms with Crippen LogP contribution in [0.4, 0.5) is 0 Å². The molecule has 0 aliphatic heterocycles. The van der Waals surface area contributed by atoms with Gasteiger partial charge in [0.05, 0.1) is 10.7 Å². The van der Waals surface area contributed by atoms with E-state index in [0.717, 1.165) is 16.8 Å². The third-order valence-corrected chi connectivity index (χ3v) is 4.52. The normalized spacial score (nSPS) is 12.3. The molecule has 1 heterocycles. The van der Waals surface area contributed by atoms with Crippen molar-refractivity contribution < 1.29 is 5.11 Å². The van der Waals surface area contributed by atoms with Crippen LogP contribution in [0.2, 0.25) is 10.0 Å². The summed E-state index contributed by atoms with van der Waals surface area (Å²) in [6.07, 6.45) is -0.726. The van der Waals surface area contributed by atoms with Crippen molar-refractivity contribution in [2.75, 3.05) is 0 Å². The van der Waals surface area contributed by atoms with E-state index >= 15 is 0 Å². The summed E-state index contributed by atoms with van der Waals surface area (Å²) < 4.78 is 0. The van der Waals surface area contributed by atoms with Crippen molar-refractivity contribution in [2.24, 2.45) is 0 Å². The fourth-order valence-electron chi connectivity index (χ4n) is 2.01. The monoisotopic (exact) mass is 335 g/mol. The number of benzene rings is 2. The minimum absolute atomic E-state index is 0.550. The molecule has 0 radical (unpaired) electrons. The van der Waals surface area contributed by atoms with Crippen LogP contribution in [-0.2, 0) is 0 Å². The molecular formula is C16H11Cl2NOS. The Kier molecular flexibility index (Phi) is 4.27. The van der Waals surface area contributed by atoms with Crippen LogP contribution >= 0.6 is 34.5 Å². The van der Waals surface area contributed by atoms with Crippen LogP contribution < -0.4 is 0 Å². The maximum atomic E-state index is 10.4. The lowest BCUT2D eigenvalue weighted by molar-refractivity contribution is 0.220. The van der Waals surface area contributed by atoms with Crippen LogP contribution in [0.3, 0.4) is 0 Å². The Morgan fingerprint density at radius 1 is 1.05 bits per heavy atom. The fraction of sp³-hybridized carbons (Fsp3) is 0.0625. The van der Waals surface area contributed by atoms with E-state index in [4.69, 9.17) is 23.2 Å². The van der Waals surface area contributed by atoms with Gasteiger partial charge in [-0.15, -0.1) is 11.3 Å². The van der Waals surface area contributed by atoms with Gasteiger partial charge in [-0.1, -0.05) is 53.5 Å². The number of hydrogen-bond acceptors (Lipinski definition) is 3. The number of aromatic nitrogens is 1. The third-order valence-electron chi connectivity index (χ3n) is 3.08. The van der Waals surface area contributed by atoms with Crippen LogP contribution in [0.25, 0.3) is 11.3 Å². The molecule has 0 aliphatic rings. The molecule has 2 aromatic carbocycles. The zero-order valence-electron chi connectivity index (χ0n) is 10.8. The fourth-order valence-corrected chi connectivity index (χ4v) is 3.35. The first-order valence-corrected chi connectivity index (χ1v) is 7.92. The number of aliphatic hydroxyl groups is 1. The van der Waals surface area contributed by atoms with Gasteiger partial charge in [0.2, 0.25) is 0 Å². The lowest BCUT2D eigenvalue weighted by atomic mass is 10.1. The predicted octanol–water partition coefficient (Wildman–Crippen LogP) is 5.20. The van der Waals surface area contributed by atoms with E-state index in [0.29, 0.717) is 15.1 Å². The number of nitrogens with zero attached hydrogens (tertiary/aromatic N) is 1. The maximum absolute atomic E-state index is 10.4. The predicted molar refractivity (Wildman–Crippen MR) is 88.1 cm³/mol. The average molecular weight is 336 g/mol. The number of thiazole rings is 1. The van der Waals surface area contributed by atoms with Gasteiger partial charge in [-0.3, -0.25) is 0 Å². The molecule has 5 heteroatoms. The maximum Gasteiger partial charge on any atom is 0.131 e. The minimum atomic E-state index is -0.726. The summed E-state index contributed by atoms with van der Waals surface area (Å²) in [5.74, 6) is 0. The van der Waals surface area contributed by atoms with E-state index in [1.807, 2.05) is 41.8 Å². The van der Waals surface area contributed by atoms with Gasteiger partial charge in [-0.25, -0.2) is 4.98 Å². The number of rotatable bonds is 3. The van der Waals surface area contributed by atoms with Gasteiger partial charge < -0.3 is 5.11 Å². The molecule has 0 spiro atoms. The Bertz CT molecular complexity index is 758. The van der Waals surface area contributed by atoms with Crippen molar-refractivity contribution in [3.05, 3.63) is 74.5 Å². The Labute approximate surface area is 136 Å². The van der Waals surface area contributed by atoms with E-state index in [9.17, 15) is 5.11 Å². The third kappa shape index (κ3) is 3.11. The molecule has 21 heavy (non-hydrogen) atoms. The first kappa shape index (κ1) is 14.5. The summed E-state index contributed by atoms with van der Waals surface area (Å²) in [4.78, 5) is 4.49. The number of aliphatic hydroxyl groups excluding tert-OH is 1. The van der Waals surface area contributed by atoms with E-state index in [1.54, 1.807) is 12.1 Å². The van der Waals surface area contributed by atoms with Gasteiger partial charge in [0.15, 0.2) is 0 Å². The molecule has 1 unspecified atom stereocenters. The van der Waals surface area contributed by atoms with Crippen molar-refractivity contribution in [3.63, 3.8) is 0 Å². The van der Waals surface area contributed by atoms with Gasteiger partial charge in [0, 0.05) is 16.0 Å². The molecule has 0 saturated carbocycles. The molecule has 3 aromatic rings. The summed E-state index contributed by atoms with van der Waals surface area (Å²) in [7, 11) is 0. The molecule has 1 atom stereocenters. The standard InChI is InChI=1S/C16H11Cl2NOS/c17-11-6-7-12(13(18)8-11)14-9-21-16(19-14)15(20)10-4-2-1-3-5-10/h1-9,15,20H. The van der Waals surface area contributed by atoms with Crippen molar-refractivity contribution in [1.82, 2.24) is 4.98 Å². The smallest absolute Gasteiger partial charge is 0.131 e. The highest BCUT2D eigenvalue weighted by molar-refractivity contribution is 7.10. The van der Waals surface area contributed by atoms with Crippen LogP contribution in [0, 0.1) is 0 Å². The highest BCUT2D eigenvalue weighted by Gasteiger charge is 2.16. The van der Waals surface area contributed by atoms with Crippen LogP contribution in [0.15, 0.2) is 53.9 Å². The van der Waals surface area contributed by atoms with E-state index in [-0.39, 0.29) is 0 Å². The van der Waals surface area contributed by atoms with Crippen molar-refractivity contribution >= 4 is 34.5 Å². The van der Waals surface area contributed by atoms with Crippen molar-refractivity contribution in [3.8, 4) is 11.3 Å². The summed E-state index contributed by atoms with van der Waals surface area (Å²) in [6.45, 7) is 0. The topological polar surface area (TPSA) is 33.1 Å². The second kappa shape index (κ2) is 6.16. The zero-order valence-corrected chi connectivity index (χ0v) is 13.2. The Balaban J connectivity index is 1.93. The van der Waals surface area contributed by atoms with Gasteiger partial charge in [0.1, 0.15) is 11.1 Å². The Morgan fingerprint density at radius 2 is 1.81 bits per heavy atom. The molecule has 1 aromatic heterocycles. The first-order chi connectivity index (χ1) is 10.1. The Morgan fingerprint density at radius 3 is 2.52 bits per heavy atom. The second-order valence-electron chi connectivity index (χ2n) is 4.51. The lowest BCUT2D eigenvalue weighted by Gasteiger charge is -2.07. The highest BCUT2D eigenvalue weighted by atomic mass is 35.5. The minimum Gasteiger partial charge on any atom is -0.381 e. The molecule has 0 bridgehead atoms. The molecule has 0 saturated heterocycles. The number of halogens is 2. The van der Waals surface area contributed by atoms with E-state index in [2.05, 4.69) is 4.98 Å². The summed E-state index contributed by atoms with van der Waals surface area (Å²) >= 11 is 13.5.